The summed E-state index contributed by atoms with van der Waals surface area (Å²) in [5, 5.41) is 16.2. The van der Waals surface area contributed by atoms with Crippen LogP contribution in [0.5, 0.6) is 0 Å². The predicted octanol–water partition coefficient (Wildman–Crippen LogP) is -0.128. The number of nitrogens with zero attached hydrogens (tertiary/aromatic N) is 1. The van der Waals surface area contributed by atoms with Crippen molar-refractivity contribution in [3.8, 4) is 0 Å². The summed E-state index contributed by atoms with van der Waals surface area (Å²) < 4.78 is 0. The van der Waals surface area contributed by atoms with Crippen LogP contribution in [0.1, 0.15) is 10.5 Å². The van der Waals surface area contributed by atoms with Crippen molar-refractivity contribution in [1.29, 1.82) is 0 Å². The second kappa shape index (κ2) is 4.31. The summed E-state index contributed by atoms with van der Waals surface area (Å²) in [7, 11) is 0. The predicted molar refractivity (Wildman–Crippen MR) is 56.1 cm³/mol. The lowest BCUT2D eigenvalue weighted by Crippen LogP contribution is -2.48. The smallest absolute Gasteiger partial charge is 0.321 e. The first-order chi connectivity index (χ1) is 7.66. The normalized spacial score (nSPS) is 15.5. The summed E-state index contributed by atoms with van der Waals surface area (Å²) in [6, 6.07) is 2.69. The fourth-order valence-electron chi connectivity index (χ4n) is 1.45. The number of H-pyrrole nitrogens is 1. The average molecular weight is 224 g/mol. The topological polar surface area (TPSA) is 100 Å². The SMILES string of the molecule is O=C(NCC1CNC1)c1ccc([N+](=O)[O-])[nH]1. The Morgan fingerprint density at radius 3 is 2.81 bits per heavy atom. The standard InChI is InChI=1S/C9H12N4O3/c14-9(11-5-6-3-10-4-6)7-1-2-8(12-7)13(15)16/h1-2,6,10,12H,3-5H2,(H,11,14). The molecule has 1 amide bonds. The average Bonchev–Trinajstić information content (AvgIpc) is 2.63. The minimum atomic E-state index is -0.563. The van der Waals surface area contributed by atoms with Gasteiger partial charge in [0, 0.05) is 31.6 Å². The van der Waals surface area contributed by atoms with Gasteiger partial charge in [-0.05, 0) is 11.0 Å². The monoisotopic (exact) mass is 224 g/mol. The highest BCUT2D eigenvalue weighted by molar-refractivity contribution is 5.92. The Hall–Kier alpha value is -1.89. The van der Waals surface area contributed by atoms with E-state index in [0.717, 1.165) is 13.1 Å². The molecule has 86 valence electrons. The van der Waals surface area contributed by atoms with E-state index < -0.39 is 4.92 Å². The number of hydrogen-bond donors (Lipinski definition) is 3. The van der Waals surface area contributed by atoms with Gasteiger partial charge in [0.05, 0.1) is 0 Å². The van der Waals surface area contributed by atoms with E-state index in [1.165, 1.54) is 12.1 Å². The number of hydrogen-bond acceptors (Lipinski definition) is 4. The Labute approximate surface area is 91.4 Å². The van der Waals surface area contributed by atoms with Crippen LogP contribution in [0.4, 0.5) is 5.82 Å². The van der Waals surface area contributed by atoms with E-state index >= 15 is 0 Å². The first kappa shape index (κ1) is 10.6. The van der Waals surface area contributed by atoms with E-state index in [2.05, 4.69) is 15.6 Å². The number of amides is 1. The molecule has 0 unspecified atom stereocenters. The van der Waals surface area contributed by atoms with Crippen LogP contribution in [-0.2, 0) is 0 Å². The van der Waals surface area contributed by atoms with Crippen LogP contribution >= 0.6 is 0 Å². The van der Waals surface area contributed by atoms with E-state index in [-0.39, 0.29) is 17.4 Å². The molecule has 1 aliphatic heterocycles. The second-order valence-electron chi connectivity index (χ2n) is 3.75. The third kappa shape index (κ3) is 2.19. The van der Waals surface area contributed by atoms with Crippen molar-refractivity contribution in [2.45, 2.75) is 0 Å². The highest BCUT2D eigenvalue weighted by Crippen LogP contribution is 2.09. The van der Waals surface area contributed by atoms with Crippen molar-refractivity contribution < 1.29 is 9.72 Å². The number of aromatic nitrogens is 1. The van der Waals surface area contributed by atoms with Gasteiger partial charge in [-0.15, -0.1) is 0 Å². The van der Waals surface area contributed by atoms with E-state index in [9.17, 15) is 14.9 Å². The molecule has 0 atom stereocenters. The van der Waals surface area contributed by atoms with Crippen molar-refractivity contribution in [2.24, 2.45) is 5.92 Å². The summed E-state index contributed by atoms with van der Waals surface area (Å²) >= 11 is 0. The Kier molecular flexibility index (Phi) is 2.86. The lowest BCUT2D eigenvalue weighted by molar-refractivity contribution is -0.389. The summed E-state index contributed by atoms with van der Waals surface area (Å²) in [5.41, 5.74) is 0.221. The van der Waals surface area contributed by atoms with Gasteiger partial charge in [0.25, 0.3) is 5.91 Å². The van der Waals surface area contributed by atoms with Crippen LogP contribution < -0.4 is 10.6 Å². The van der Waals surface area contributed by atoms with Crippen LogP contribution in [-0.4, -0.2) is 35.4 Å². The molecule has 1 fully saturated rings. The summed E-state index contributed by atoms with van der Waals surface area (Å²) in [4.78, 5) is 23.8. The molecule has 7 nitrogen and oxygen atoms in total. The molecule has 1 aliphatic rings. The molecule has 2 heterocycles. The quantitative estimate of drug-likeness (QED) is 0.490. The second-order valence-corrected chi connectivity index (χ2v) is 3.75. The van der Waals surface area contributed by atoms with Crippen LogP contribution in [0.25, 0.3) is 0 Å². The summed E-state index contributed by atoms with van der Waals surface area (Å²) in [6.45, 7) is 2.41. The van der Waals surface area contributed by atoms with Gasteiger partial charge in [-0.2, -0.15) is 0 Å². The molecule has 0 saturated carbocycles. The molecular formula is C9H12N4O3. The Balaban J connectivity index is 1.89. The van der Waals surface area contributed by atoms with Crippen molar-refractivity contribution >= 4 is 11.7 Å². The third-order valence-corrected chi connectivity index (χ3v) is 2.53. The van der Waals surface area contributed by atoms with Crippen LogP contribution in [0.3, 0.4) is 0 Å². The van der Waals surface area contributed by atoms with Crippen molar-refractivity contribution in [1.82, 2.24) is 15.6 Å². The maximum Gasteiger partial charge on any atom is 0.321 e. The molecule has 0 aromatic carbocycles. The van der Waals surface area contributed by atoms with Gasteiger partial charge in [0.1, 0.15) is 0 Å². The highest BCUT2D eigenvalue weighted by Gasteiger charge is 2.19. The maximum absolute atomic E-state index is 11.5. The Morgan fingerprint density at radius 1 is 1.56 bits per heavy atom. The number of carbonyl (C=O) groups excluding carboxylic acids is 1. The van der Waals surface area contributed by atoms with E-state index in [4.69, 9.17) is 0 Å². The molecular weight excluding hydrogens is 212 g/mol. The minimum Gasteiger partial charge on any atom is -0.358 e. The van der Waals surface area contributed by atoms with Gasteiger partial charge in [-0.1, -0.05) is 0 Å². The van der Waals surface area contributed by atoms with Gasteiger partial charge in [0.15, 0.2) is 5.69 Å². The largest absolute Gasteiger partial charge is 0.358 e. The molecule has 16 heavy (non-hydrogen) atoms. The number of carbonyl (C=O) groups is 1. The first-order valence-electron chi connectivity index (χ1n) is 4.99. The Morgan fingerprint density at radius 2 is 2.31 bits per heavy atom. The van der Waals surface area contributed by atoms with Gasteiger partial charge < -0.3 is 20.7 Å². The number of nitro groups is 1. The van der Waals surface area contributed by atoms with Gasteiger partial charge in [-0.25, -0.2) is 4.98 Å². The van der Waals surface area contributed by atoms with Crippen molar-refractivity contribution in [3.05, 3.63) is 27.9 Å². The van der Waals surface area contributed by atoms with Crippen molar-refractivity contribution in [3.63, 3.8) is 0 Å². The number of aromatic amines is 1. The fraction of sp³-hybridized carbons (Fsp3) is 0.444. The van der Waals surface area contributed by atoms with Crippen LogP contribution in [0.15, 0.2) is 12.1 Å². The molecule has 0 radical (unpaired) electrons. The van der Waals surface area contributed by atoms with Gasteiger partial charge in [-0.3, -0.25) is 4.79 Å². The maximum atomic E-state index is 11.5. The van der Waals surface area contributed by atoms with E-state index in [1.807, 2.05) is 0 Å². The van der Waals surface area contributed by atoms with Gasteiger partial charge in [0.2, 0.25) is 0 Å². The molecule has 1 saturated heterocycles. The lowest BCUT2D eigenvalue weighted by atomic mass is 10.0. The fourth-order valence-corrected chi connectivity index (χ4v) is 1.45. The molecule has 0 bridgehead atoms. The van der Waals surface area contributed by atoms with Crippen LogP contribution in [0.2, 0.25) is 0 Å². The molecule has 0 spiro atoms. The minimum absolute atomic E-state index is 0.171. The van der Waals surface area contributed by atoms with Crippen molar-refractivity contribution in [2.75, 3.05) is 19.6 Å². The zero-order chi connectivity index (χ0) is 11.5. The van der Waals surface area contributed by atoms with E-state index in [0.29, 0.717) is 12.5 Å². The highest BCUT2D eigenvalue weighted by atomic mass is 16.6. The summed E-state index contributed by atoms with van der Waals surface area (Å²) in [6.07, 6.45) is 0. The summed E-state index contributed by atoms with van der Waals surface area (Å²) in [5.74, 6) is -0.00985. The zero-order valence-corrected chi connectivity index (χ0v) is 8.53. The molecule has 1 aromatic rings. The molecule has 3 N–H and O–H groups in total. The van der Waals surface area contributed by atoms with E-state index in [1.54, 1.807) is 0 Å². The lowest BCUT2D eigenvalue weighted by Gasteiger charge is -2.26. The molecule has 1 aromatic heterocycles. The zero-order valence-electron chi connectivity index (χ0n) is 8.53. The number of nitrogens with one attached hydrogen (secondary N) is 3. The number of rotatable bonds is 4. The van der Waals surface area contributed by atoms with Gasteiger partial charge >= 0.3 is 5.82 Å². The first-order valence-corrected chi connectivity index (χ1v) is 4.99. The molecule has 0 aliphatic carbocycles. The Bertz CT molecular complexity index is 411. The molecule has 7 heteroatoms. The molecule has 2 rings (SSSR count). The van der Waals surface area contributed by atoms with Crippen LogP contribution in [0, 0.1) is 16.0 Å². The third-order valence-electron chi connectivity index (χ3n) is 2.53.